The summed E-state index contributed by atoms with van der Waals surface area (Å²) in [5, 5.41) is 9.06. The molecule has 1 aliphatic heterocycles. The Morgan fingerprint density at radius 1 is 0.891 bits per heavy atom. The number of alkyl halides is 6. The summed E-state index contributed by atoms with van der Waals surface area (Å²) in [7, 11) is 0. The molecule has 0 aromatic heterocycles. The van der Waals surface area contributed by atoms with Crippen LogP contribution in [0.1, 0.15) is 42.4 Å². The van der Waals surface area contributed by atoms with Crippen LogP contribution in [0.25, 0.3) is 0 Å². The first-order valence-electron chi connectivity index (χ1n) is 14.3. The molecule has 46 heavy (non-hydrogen) atoms. The molecule has 0 unspecified atom stereocenters. The van der Waals surface area contributed by atoms with Crippen molar-refractivity contribution in [2.75, 3.05) is 18.1 Å². The number of anilines is 1. The average Bonchev–Trinajstić information content (AvgIpc) is 3.26. The molecular weight excluding hydrogens is 620 g/mol. The Kier molecular flexibility index (Phi) is 7.57. The highest BCUT2D eigenvalue weighted by Crippen LogP contribution is 2.55. The first-order valence-corrected chi connectivity index (χ1v) is 14.3. The number of ether oxygens (including phenoxy) is 1. The molecule has 1 saturated heterocycles. The number of rotatable bonds is 5. The van der Waals surface area contributed by atoms with E-state index in [1.807, 2.05) is 0 Å². The van der Waals surface area contributed by atoms with E-state index in [2.05, 4.69) is 0 Å². The first-order chi connectivity index (χ1) is 21.6. The normalized spacial score (nSPS) is 24.8. The van der Waals surface area contributed by atoms with Crippen molar-refractivity contribution >= 4 is 29.1 Å². The summed E-state index contributed by atoms with van der Waals surface area (Å²) in [5.74, 6) is -6.29. The van der Waals surface area contributed by atoms with Crippen LogP contribution in [0, 0.1) is 17.8 Å². The molecule has 13 heteroatoms. The minimum atomic E-state index is -5.19. The maximum Gasteiger partial charge on any atom is 0.416 e. The number of nitrogens with zero attached hydrogens (tertiary/aromatic N) is 1. The van der Waals surface area contributed by atoms with E-state index in [1.54, 1.807) is 30.3 Å². The summed E-state index contributed by atoms with van der Waals surface area (Å²) in [6, 6.07) is 7.15. The highest BCUT2D eigenvalue weighted by atomic mass is 19.4. The van der Waals surface area contributed by atoms with Gasteiger partial charge in [-0.25, -0.2) is 4.90 Å². The molecule has 7 nitrogen and oxygen atoms in total. The second-order valence-corrected chi connectivity index (χ2v) is 11.6. The first kappa shape index (κ1) is 31.5. The van der Waals surface area contributed by atoms with Crippen molar-refractivity contribution in [2.45, 2.75) is 38.0 Å². The molecule has 1 fully saturated rings. The van der Waals surface area contributed by atoms with Crippen molar-refractivity contribution in [2.24, 2.45) is 17.8 Å². The van der Waals surface area contributed by atoms with Crippen molar-refractivity contribution in [1.82, 2.24) is 0 Å². The fourth-order valence-electron chi connectivity index (χ4n) is 7.00. The Balaban J connectivity index is 1.44. The van der Waals surface area contributed by atoms with Crippen molar-refractivity contribution in [3.8, 4) is 5.75 Å². The molecule has 1 heterocycles. The Morgan fingerprint density at radius 3 is 2.11 bits per heavy atom. The molecule has 6 rings (SSSR count). The van der Waals surface area contributed by atoms with Gasteiger partial charge in [0.15, 0.2) is 11.6 Å². The van der Waals surface area contributed by atoms with Gasteiger partial charge in [0, 0.05) is 22.6 Å². The third kappa shape index (κ3) is 5.16. The lowest BCUT2D eigenvalue weighted by Crippen LogP contribution is -2.39. The molecule has 0 bridgehead atoms. The van der Waals surface area contributed by atoms with Gasteiger partial charge in [0.1, 0.15) is 12.4 Å². The predicted molar refractivity (Wildman–Crippen MR) is 149 cm³/mol. The number of benzene rings is 2. The van der Waals surface area contributed by atoms with Crippen molar-refractivity contribution in [3.05, 3.63) is 93.6 Å². The number of allylic oxidation sites excluding steroid dienone is 6. The third-order valence-corrected chi connectivity index (χ3v) is 8.97. The molecule has 1 N–H and O–H groups in total. The minimum absolute atomic E-state index is 0.0361. The number of imide groups is 1. The molecule has 0 saturated carbocycles. The smallest absolute Gasteiger partial charge is 0.416 e. The maximum atomic E-state index is 14.0. The molecule has 2 amide bonds. The number of Topliss-reactive ketones (excluding diaryl/α,β-unsaturated/α-hetero) is 1. The van der Waals surface area contributed by atoms with Crippen LogP contribution in [-0.2, 0) is 31.5 Å². The molecule has 4 atom stereocenters. The Morgan fingerprint density at radius 2 is 1.52 bits per heavy atom. The van der Waals surface area contributed by atoms with Crippen LogP contribution in [0.15, 0.2) is 76.9 Å². The van der Waals surface area contributed by atoms with Gasteiger partial charge < -0.3 is 9.84 Å². The molecule has 4 aliphatic rings. The Hall–Kier alpha value is -4.52. The van der Waals surface area contributed by atoms with Crippen LogP contribution in [0.5, 0.6) is 5.75 Å². The zero-order valence-corrected chi connectivity index (χ0v) is 24.0. The van der Waals surface area contributed by atoms with E-state index in [-0.39, 0.29) is 48.8 Å². The van der Waals surface area contributed by atoms with Crippen molar-refractivity contribution in [3.63, 3.8) is 0 Å². The van der Waals surface area contributed by atoms with Crippen LogP contribution in [0.4, 0.5) is 32.0 Å². The largest absolute Gasteiger partial charge is 0.491 e. The number of amides is 2. The summed E-state index contributed by atoms with van der Waals surface area (Å²) in [6.45, 7) is 1.29. The van der Waals surface area contributed by atoms with E-state index >= 15 is 0 Å². The highest BCUT2D eigenvalue weighted by Gasteiger charge is 2.57. The predicted octanol–water partition coefficient (Wildman–Crippen LogP) is 5.73. The molecule has 240 valence electrons. The Bertz CT molecular complexity index is 1740. The van der Waals surface area contributed by atoms with E-state index in [4.69, 9.17) is 9.84 Å². The number of fused-ring (bicyclic) bond motifs is 3. The summed E-state index contributed by atoms with van der Waals surface area (Å²) < 4.78 is 87.2. The van der Waals surface area contributed by atoms with Gasteiger partial charge >= 0.3 is 12.4 Å². The van der Waals surface area contributed by atoms with Crippen LogP contribution in [-0.4, -0.2) is 41.7 Å². The molecule has 0 spiro atoms. The maximum absolute atomic E-state index is 14.0. The van der Waals surface area contributed by atoms with Crippen LogP contribution >= 0.6 is 0 Å². The number of aliphatic hydroxyl groups is 1. The fourth-order valence-corrected chi connectivity index (χ4v) is 7.00. The van der Waals surface area contributed by atoms with Crippen molar-refractivity contribution in [1.29, 1.82) is 0 Å². The van der Waals surface area contributed by atoms with E-state index in [0.29, 0.717) is 33.9 Å². The van der Waals surface area contributed by atoms with Gasteiger partial charge in [-0.2, -0.15) is 26.3 Å². The van der Waals surface area contributed by atoms with E-state index in [0.717, 1.165) is 0 Å². The number of carbonyl (C=O) groups excluding carboxylic acids is 4. The molecule has 2 aromatic rings. The van der Waals surface area contributed by atoms with Crippen LogP contribution < -0.4 is 9.64 Å². The zero-order chi connectivity index (χ0) is 33.3. The van der Waals surface area contributed by atoms with Gasteiger partial charge in [-0.05, 0) is 67.7 Å². The summed E-state index contributed by atoms with van der Waals surface area (Å²) in [6.07, 6.45) is -7.65. The van der Waals surface area contributed by atoms with Crippen molar-refractivity contribution < 1.29 is 55.4 Å². The second kappa shape index (κ2) is 11.1. The number of hydrogen-bond acceptors (Lipinski definition) is 6. The zero-order valence-electron chi connectivity index (χ0n) is 24.0. The SMILES string of the molecule is CC1=CC(=O)C2=C(C[C@@H]3C(=CC[C@@H]4C(=O)N(c5cc(C(F)(F)F)cc(C(F)(F)F)c5)C(=O)[C@@H]43)[C@@H]2c2ccc(OCCO)cc2)C1=O. The van der Waals surface area contributed by atoms with Gasteiger partial charge in [-0.1, -0.05) is 23.8 Å². The monoisotopic (exact) mass is 645 g/mol. The number of hydrogen-bond donors (Lipinski definition) is 1. The number of halogens is 6. The lowest BCUT2D eigenvalue weighted by atomic mass is 9.59. The lowest BCUT2D eigenvalue weighted by Gasteiger charge is -2.42. The number of ketones is 2. The quantitative estimate of drug-likeness (QED) is 0.193. The average molecular weight is 646 g/mol. The molecule has 3 aliphatic carbocycles. The standard InChI is InChI=1S/C33H25F6NO6/c1-15-10-25(42)28-24(29(15)43)14-23-21(26(28)16-2-4-20(5-3-16)46-9-8-41)6-7-22-27(23)31(45)40(30(22)44)19-12-17(32(34,35)36)11-18(13-19)33(37,38)39/h2-6,10-13,22-23,26-27,41H,7-9,14H2,1H3/t22-,23+,26-,27-/m0/s1. The fraction of sp³-hybridized carbons (Fsp3) is 0.333. The van der Waals surface area contributed by atoms with E-state index < -0.39 is 76.2 Å². The van der Waals surface area contributed by atoms with Gasteiger partial charge in [0.2, 0.25) is 11.8 Å². The van der Waals surface area contributed by atoms with Gasteiger partial charge in [0.25, 0.3) is 0 Å². The summed E-state index contributed by atoms with van der Waals surface area (Å²) in [5.41, 5.74) is -2.53. The topological polar surface area (TPSA) is 101 Å². The van der Waals surface area contributed by atoms with Gasteiger partial charge in [-0.3, -0.25) is 19.2 Å². The Labute approximate surface area is 257 Å². The number of carbonyl (C=O) groups is 4. The van der Waals surface area contributed by atoms with Gasteiger partial charge in [-0.15, -0.1) is 0 Å². The second-order valence-electron chi connectivity index (χ2n) is 11.6. The molecule has 0 radical (unpaired) electrons. The highest BCUT2D eigenvalue weighted by molar-refractivity contribution is 6.25. The molecular formula is C33H25F6NO6. The molecule has 2 aromatic carbocycles. The summed E-state index contributed by atoms with van der Waals surface area (Å²) >= 11 is 0. The summed E-state index contributed by atoms with van der Waals surface area (Å²) in [4.78, 5) is 54.8. The van der Waals surface area contributed by atoms with E-state index in [1.165, 1.54) is 13.0 Å². The minimum Gasteiger partial charge on any atom is -0.491 e. The lowest BCUT2D eigenvalue weighted by molar-refractivity contribution is -0.143. The number of aliphatic hydroxyl groups excluding tert-OH is 1. The van der Waals surface area contributed by atoms with Crippen LogP contribution in [0.3, 0.4) is 0 Å². The van der Waals surface area contributed by atoms with Gasteiger partial charge in [0.05, 0.1) is 35.3 Å². The van der Waals surface area contributed by atoms with E-state index in [9.17, 15) is 45.5 Å². The van der Waals surface area contributed by atoms with Crippen LogP contribution in [0.2, 0.25) is 0 Å². The third-order valence-electron chi connectivity index (χ3n) is 8.97.